The van der Waals surface area contributed by atoms with Crippen molar-refractivity contribution in [2.45, 2.75) is 13.2 Å². The number of furan rings is 1. The third kappa shape index (κ3) is 4.25. The summed E-state index contributed by atoms with van der Waals surface area (Å²) in [4.78, 5) is 26.7. The molecule has 1 aromatic carbocycles. The molecule has 1 N–H and O–H groups in total. The molecule has 0 atom stereocenters. The van der Waals surface area contributed by atoms with Gasteiger partial charge in [-0.1, -0.05) is 11.3 Å². The number of nitrogens with one attached hydrogen (secondary N) is 1. The minimum absolute atomic E-state index is 0.00596. The van der Waals surface area contributed by atoms with E-state index in [1.54, 1.807) is 6.07 Å². The summed E-state index contributed by atoms with van der Waals surface area (Å²) in [5, 5.41) is 17.4. The monoisotopic (exact) mass is 435 g/mol. The average Bonchev–Trinajstić information content (AvgIpc) is 3.40. The van der Waals surface area contributed by atoms with Gasteiger partial charge in [0.05, 0.1) is 21.7 Å². The first kappa shape index (κ1) is 19.4. The molecule has 0 saturated heterocycles. The lowest BCUT2D eigenvalue weighted by atomic mass is 10.3. The lowest BCUT2D eigenvalue weighted by Crippen LogP contribution is -2.10. The highest BCUT2D eigenvalue weighted by Gasteiger charge is 2.16. The Morgan fingerprint density at radius 1 is 1.37 bits per heavy atom. The standard InChI is InChI=1S/C17H11F2N5O5S/c18-16(19)29-10-1-3-12-14(5-10)30-17(21-12)22-15(25)13-4-2-11(28-13)8-23-7-9(6-20-23)24(26)27/h1-7,16H,8H2,(H,21,22,25). The number of rotatable bonds is 7. The van der Waals surface area contributed by atoms with Crippen molar-refractivity contribution in [3.63, 3.8) is 0 Å². The van der Waals surface area contributed by atoms with Crippen LogP contribution in [-0.2, 0) is 6.54 Å². The molecule has 0 aliphatic rings. The van der Waals surface area contributed by atoms with E-state index in [2.05, 4.69) is 20.1 Å². The molecule has 0 bridgehead atoms. The first-order chi connectivity index (χ1) is 14.4. The molecular formula is C17H11F2N5O5S. The maximum atomic E-state index is 12.4. The lowest BCUT2D eigenvalue weighted by molar-refractivity contribution is -0.385. The van der Waals surface area contributed by atoms with Crippen molar-refractivity contribution in [1.29, 1.82) is 0 Å². The number of benzene rings is 1. The van der Waals surface area contributed by atoms with E-state index < -0.39 is 17.4 Å². The largest absolute Gasteiger partial charge is 0.454 e. The third-order valence-electron chi connectivity index (χ3n) is 3.84. The Labute approximate surface area is 169 Å². The number of carbonyl (C=O) groups excluding carboxylic acids is 1. The van der Waals surface area contributed by atoms with E-state index in [-0.39, 0.29) is 28.9 Å². The van der Waals surface area contributed by atoms with Gasteiger partial charge in [-0.3, -0.25) is 24.9 Å². The Kier molecular flexibility index (Phi) is 5.10. The van der Waals surface area contributed by atoms with Crippen molar-refractivity contribution in [1.82, 2.24) is 14.8 Å². The Hall–Kier alpha value is -3.87. The zero-order valence-electron chi connectivity index (χ0n) is 14.8. The van der Waals surface area contributed by atoms with Gasteiger partial charge < -0.3 is 9.15 Å². The third-order valence-corrected chi connectivity index (χ3v) is 4.77. The number of alkyl halides is 2. The van der Waals surface area contributed by atoms with E-state index in [4.69, 9.17) is 4.42 Å². The normalized spacial score (nSPS) is 11.2. The molecule has 0 fully saturated rings. The second-order valence-electron chi connectivity index (χ2n) is 5.90. The molecule has 4 aromatic rings. The van der Waals surface area contributed by atoms with Crippen LogP contribution in [0, 0.1) is 10.1 Å². The molecule has 0 aliphatic carbocycles. The number of carbonyl (C=O) groups is 1. The molecule has 13 heteroatoms. The number of anilines is 1. The Balaban J connectivity index is 1.44. The van der Waals surface area contributed by atoms with Crippen molar-refractivity contribution in [3.05, 3.63) is 64.4 Å². The number of hydrogen-bond acceptors (Lipinski definition) is 8. The highest BCUT2D eigenvalue weighted by molar-refractivity contribution is 7.22. The summed E-state index contributed by atoms with van der Waals surface area (Å²) in [6.07, 6.45) is 2.36. The SMILES string of the molecule is O=C(Nc1nc2ccc(OC(F)F)cc2s1)c1ccc(Cn2cc([N+](=O)[O-])cn2)o1. The fourth-order valence-electron chi connectivity index (χ4n) is 2.57. The predicted octanol–water partition coefficient (Wildman–Crippen LogP) is 3.90. The molecule has 0 spiro atoms. The molecule has 154 valence electrons. The fourth-order valence-corrected chi connectivity index (χ4v) is 3.46. The molecular weight excluding hydrogens is 424 g/mol. The van der Waals surface area contributed by atoms with Crippen molar-refractivity contribution >= 4 is 38.3 Å². The van der Waals surface area contributed by atoms with Crippen molar-refractivity contribution in [2.75, 3.05) is 5.32 Å². The highest BCUT2D eigenvalue weighted by atomic mass is 32.1. The Morgan fingerprint density at radius 3 is 2.93 bits per heavy atom. The Bertz CT molecular complexity index is 1230. The van der Waals surface area contributed by atoms with E-state index >= 15 is 0 Å². The summed E-state index contributed by atoms with van der Waals surface area (Å²) in [5.74, 6) is -0.187. The van der Waals surface area contributed by atoms with Crippen LogP contribution in [0.1, 0.15) is 16.3 Å². The summed E-state index contributed by atoms with van der Waals surface area (Å²) in [6, 6.07) is 7.27. The average molecular weight is 435 g/mol. The molecule has 0 radical (unpaired) electrons. The van der Waals surface area contributed by atoms with E-state index in [1.165, 1.54) is 35.1 Å². The van der Waals surface area contributed by atoms with Crippen LogP contribution in [-0.4, -0.2) is 32.2 Å². The second kappa shape index (κ2) is 7.87. The number of thiazole rings is 1. The number of amides is 1. The lowest BCUT2D eigenvalue weighted by Gasteiger charge is -2.02. The van der Waals surface area contributed by atoms with Gasteiger partial charge in [-0.25, -0.2) is 4.98 Å². The molecule has 0 saturated carbocycles. The topological polar surface area (TPSA) is 125 Å². The van der Waals surface area contributed by atoms with E-state index in [0.717, 1.165) is 17.5 Å². The summed E-state index contributed by atoms with van der Waals surface area (Å²) in [6.45, 7) is -2.83. The van der Waals surface area contributed by atoms with Gasteiger partial charge in [0, 0.05) is 0 Å². The molecule has 1 amide bonds. The van der Waals surface area contributed by atoms with Crippen LogP contribution < -0.4 is 10.1 Å². The van der Waals surface area contributed by atoms with Gasteiger partial charge in [0.15, 0.2) is 10.9 Å². The van der Waals surface area contributed by atoms with Crippen LogP contribution in [0.5, 0.6) is 5.75 Å². The number of ether oxygens (including phenoxy) is 1. The van der Waals surface area contributed by atoms with Gasteiger partial charge in [0.2, 0.25) is 0 Å². The van der Waals surface area contributed by atoms with Gasteiger partial charge in [0.25, 0.3) is 5.91 Å². The van der Waals surface area contributed by atoms with Crippen molar-refractivity contribution < 1.29 is 27.7 Å². The van der Waals surface area contributed by atoms with Gasteiger partial charge >= 0.3 is 12.3 Å². The number of fused-ring (bicyclic) bond motifs is 1. The number of nitro groups is 1. The van der Waals surface area contributed by atoms with Gasteiger partial charge in [-0.15, -0.1) is 0 Å². The zero-order valence-corrected chi connectivity index (χ0v) is 15.6. The van der Waals surface area contributed by atoms with E-state index in [0.29, 0.717) is 16.0 Å². The van der Waals surface area contributed by atoms with Crippen LogP contribution >= 0.6 is 11.3 Å². The summed E-state index contributed by atoms with van der Waals surface area (Å²) in [5.41, 5.74) is 0.356. The molecule has 3 heterocycles. The van der Waals surface area contributed by atoms with Crippen LogP contribution in [0.4, 0.5) is 19.6 Å². The first-order valence-corrected chi connectivity index (χ1v) is 9.11. The van der Waals surface area contributed by atoms with Gasteiger partial charge in [-0.2, -0.15) is 13.9 Å². The smallest absolute Gasteiger partial charge is 0.387 e. The predicted molar refractivity (Wildman–Crippen MR) is 101 cm³/mol. The first-order valence-electron chi connectivity index (χ1n) is 8.30. The van der Waals surface area contributed by atoms with E-state index in [1.807, 2.05) is 0 Å². The molecule has 0 aliphatic heterocycles. The molecule has 3 aromatic heterocycles. The summed E-state index contributed by atoms with van der Waals surface area (Å²) in [7, 11) is 0. The number of aromatic nitrogens is 3. The Morgan fingerprint density at radius 2 is 2.20 bits per heavy atom. The fraction of sp³-hybridized carbons (Fsp3) is 0.118. The summed E-state index contributed by atoms with van der Waals surface area (Å²) >= 11 is 1.09. The van der Waals surface area contributed by atoms with E-state index in [9.17, 15) is 23.7 Å². The van der Waals surface area contributed by atoms with Crippen LogP contribution in [0.2, 0.25) is 0 Å². The number of halogens is 2. The van der Waals surface area contributed by atoms with Crippen LogP contribution in [0.3, 0.4) is 0 Å². The van der Waals surface area contributed by atoms with Crippen molar-refractivity contribution in [3.8, 4) is 5.75 Å². The van der Waals surface area contributed by atoms with Crippen molar-refractivity contribution in [2.24, 2.45) is 0 Å². The zero-order chi connectivity index (χ0) is 21.3. The second-order valence-corrected chi connectivity index (χ2v) is 6.93. The van der Waals surface area contributed by atoms with Gasteiger partial charge in [0.1, 0.15) is 23.9 Å². The molecule has 30 heavy (non-hydrogen) atoms. The van der Waals surface area contributed by atoms with Crippen LogP contribution in [0.15, 0.2) is 47.1 Å². The van der Waals surface area contributed by atoms with Crippen LogP contribution in [0.25, 0.3) is 10.2 Å². The minimum Gasteiger partial charge on any atom is -0.454 e. The van der Waals surface area contributed by atoms with Gasteiger partial charge in [-0.05, 0) is 30.3 Å². The summed E-state index contributed by atoms with van der Waals surface area (Å²) < 4.78 is 36.3. The maximum Gasteiger partial charge on any atom is 0.387 e. The number of nitrogens with zero attached hydrogens (tertiary/aromatic N) is 4. The highest BCUT2D eigenvalue weighted by Crippen LogP contribution is 2.30. The maximum absolute atomic E-state index is 12.4. The minimum atomic E-state index is -2.93. The quantitative estimate of drug-likeness (QED) is 0.345. The molecule has 10 nitrogen and oxygen atoms in total. The molecule has 0 unspecified atom stereocenters. The molecule has 4 rings (SSSR count). The number of hydrogen-bond donors (Lipinski definition) is 1.